The summed E-state index contributed by atoms with van der Waals surface area (Å²) in [5, 5.41) is 5.87. The van der Waals surface area contributed by atoms with Gasteiger partial charge in [0.1, 0.15) is 11.9 Å². The van der Waals surface area contributed by atoms with Crippen molar-refractivity contribution in [3.63, 3.8) is 0 Å². The highest BCUT2D eigenvalue weighted by Gasteiger charge is 2.14. The lowest BCUT2D eigenvalue weighted by atomic mass is 10.2. The number of carbonyl (C=O) groups excluding carboxylic acids is 1. The van der Waals surface area contributed by atoms with Gasteiger partial charge in [0.05, 0.1) is 0 Å². The number of benzene rings is 1. The van der Waals surface area contributed by atoms with Gasteiger partial charge in [0.15, 0.2) is 0 Å². The fraction of sp³-hybridized carbons (Fsp3) is 0.500. The molecule has 0 saturated heterocycles. The van der Waals surface area contributed by atoms with E-state index in [2.05, 4.69) is 10.6 Å². The van der Waals surface area contributed by atoms with E-state index in [0.717, 1.165) is 6.42 Å². The van der Waals surface area contributed by atoms with Crippen LogP contribution in [0.25, 0.3) is 0 Å². The largest absolute Gasteiger partial charge is 0.374 e. The minimum absolute atomic E-state index is 0.0784. The molecule has 0 aliphatic rings. The Morgan fingerprint density at radius 3 is 2.61 bits per heavy atom. The zero-order valence-electron chi connectivity index (χ0n) is 11.4. The van der Waals surface area contributed by atoms with E-state index in [4.69, 9.17) is 0 Å². The van der Waals surface area contributed by atoms with Crippen molar-refractivity contribution in [2.45, 2.75) is 46.2 Å². The Balaban J connectivity index is 2.60. The van der Waals surface area contributed by atoms with Crippen molar-refractivity contribution in [2.24, 2.45) is 0 Å². The number of nitrogens with one attached hydrogen (secondary N) is 2. The Hall–Kier alpha value is -1.58. The lowest BCUT2D eigenvalue weighted by Gasteiger charge is -2.18. The highest BCUT2D eigenvalue weighted by molar-refractivity contribution is 5.84. The Kier molecular flexibility index (Phi) is 5.13. The molecule has 18 heavy (non-hydrogen) atoms. The number of rotatable bonds is 5. The standard InChI is InChI=1S/C14H21FN2O/c1-5-10(3)16-14(18)11(4)17-12-7-6-9(2)13(15)8-12/h6-8,10-11,17H,5H2,1-4H3,(H,16,18). The molecule has 0 radical (unpaired) electrons. The van der Waals surface area contributed by atoms with Crippen LogP contribution in [0.3, 0.4) is 0 Å². The van der Waals surface area contributed by atoms with Gasteiger partial charge in [-0.3, -0.25) is 4.79 Å². The second-order valence-electron chi connectivity index (χ2n) is 4.65. The molecule has 100 valence electrons. The molecule has 0 fully saturated rings. The van der Waals surface area contributed by atoms with Gasteiger partial charge in [0.25, 0.3) is 0 Å². The van der Waals surface area contributed by atoms with Gasteiger partial charge in [-0.15, -0.1) is 0 Å². The van der Waals surface area contributed by atoms with Crippen molar-refractivity contribution in [2.75, 3.05) is 5.32 Å². The van der Waals surface area contributed by atoms with Crippen LogP contribution in [0.2, 0.25) is 0 Å². The summed E-state index contributed by atoms with van der Waals surface area (Å²) in [6, 6.07) is 4.63. The number of carbonyl (C=O) groups is 1. The first-order valence-electron chi connectivity index (χ1n) is 6.27. The summed E-state index contributed by atoms with van der Waals surface area (Å²) in [7, 11) is 0. The van der Waals surface area contributed by atoms with E-state index in [9.17, 15) is 9.18 Å². The molecule has 2 N–H and O–H groups in total. The average Bonchev–Trinajstić information content (AvgIpc) is 2.33. The van der Waals surface area contributed by atoms with Crippen LogP contribution in [0.1, 0.15) is 32.8 Å². The first-order valence-corrected chi connectivity index (χ1v) is 6.27. The highest BCUT2D eigenvalue weighted by Crippen LogP contribution is 2.14. The topological polar surface area (TPSA) is 41.1 Å². The molecule has 2 atom stereocenters. The van der Waals surface area contributed by atoms with Crippen molar-refractivity contribution in [1.29, 1.82) is 0 Å². The first kappa shape index (κ1) is 14.5. The van der Waals surface area contributed by atoms with Crippen LogP contribution < -0.4 is 10.6 Å². The second kappa shape index (κ2) is 6.38. The minimum Gasteiger partial charge on any atom is -0.374 e. The lowest BCUT2D eigenvalue weighted by molar-refractivity contribution is -0.122. The molecule has 4 heteroatoms. The Morgan fingerprint density at radius 1 is 1.39 bits per heavy atom. The summed E-state index contributed by atoms with van der Waals surface area (Å²) in [6.45, 7) is 7.43. The van der Waals surface area contributed by atoms with Crippen LogP contribution in [-0.4, -0.2) is 18.0 Å². The minimum atomic E-state index is -0.388. The van der Waals surface area contributed by atoms with E-state index in [-0.39, 0.29) is 23.8 Å². The summed E-state index contributed by atoms with van der Waals surface area (Å²) in [5.74, 6) is -0.347. The van der Waals surface area contributed by atoms with Gasteiger partial charge >= 0.3 is 0 Å². The van der Waals surface area contributed by atoms with E-state index in [1.165, 1.54) is 6.07 Å². The zero-order chi connectivity index (χ0) is 13.7. The van der Waals surface area contributed by atoms with Crippen LogP contribution in [0.15, 0.2) is 18.2 Å². The fourth-order valence-corrected chi connectivity index (χ4v) is 1.47. The number of anilines is 1. The van der Waals surface area contributed by atoms with Gasteiger partial charge in [-0.1, -0.05) is 13.0 Å². The van der Waals surface area contributed by atoms with Gasteiger partial charge in [-0.25, -0.2) is 4.39 Å². The van der Waals surface area contributed by atoms with E-state index in [0.29, 0.717) is 11.3 Å². The fourth-order valence-electron chi connectivity index (χ4n) is 1.47. The molecule has 0 bridgehead atoms. The van der Waals surface area contributed by atoms with Gasteiger partial charge in [0, 0.05) is 11.7 Å². The molecular weight excluding hydrogens is 231 g/mol. The molecule has 0 aliphatic heterocycles. The molecule has 1 aromatic carbocycles. The maximum Gasteiger partial charge on any atom is 0.242 e. The summed E-state index contributed by atoms with van der Waals surface area (Å²) >= 11 is 0. The highest BCUT2D eigenvalue weighted by atomic mass is 19.1. The zero-order valence-corrected chi connectivity index (χ0v) is 11.4. The molecule has 1 rings (SSSR count). The monoisotopic (exact) mass is 252 g/mol. The van der Waals surface area contributed by atoms with Crippen molar-refractivity contribution < 1.29 is 9.18 Å². The molecular formula is C14H21FN2O. The van der Waals surface area contributed by atoms with Gasteiger partial charge in [-0.05, 0) is 44.9 Å². The first-order chi connectivity index (χ1) is 8.43. The van der Waals surface area contributed by atoms with E-state index in [1.54, 1.807) is 26.0 Å². The predicted molar refractivity (Wildman–Crippen MR) is 72.1 cm³/mol. The maximum absolute atomic E-state index is 13.4. The SMILES string of the molecule is CCC(C)NC(=O)C(C)Nc1ccc(C)c(F)c1. The molecule has 3 nitrogen and oxygen atoms in total. The van der Waals surface area contributed by atoms with E-state index < -0.39 is 0 Å². The molecule has 2 unspecified atom stereocenters. The normalized spacial score (nSPS) is 13.8. The van der Waals surface area contributed by atoms with Crippen molar-refractivity contribution in [3.05, 3.63) is 29.6 Å². The van der Waals surface area contributed by atoms with Gasteiger partial charge in [0.2, 0.25) is 5.91 Å². The Labute approximate surface area is 108 Å². The third-order valence-corrected chi connectivity index (χ3v) is 2.95. The quantitative estimate of drug-likeness (QED) is 0.846. The second-order valence-corrected chi connectivity index (χ2v) is 4.65. The molecule has 0 spiro atoms. The smallest absolute Gasteiger partial charge is 0.242 e. The number of hydrogen-bond donors (Lipinski definition) is 2. The van der Waals surface area contributed by atoms with Crippen LogP contribution in [-0.2, 0) is 4.79 Å². The van der Waals surface area contributed by atoms with Gasteiger partial charge in [-0.2, -0.15) is 0 Å². The van der Waals surface area contributed by atoms with E-state index in [1.807, 2.05) is 13.8 Å². The molecule has 1 aromatic rings. The molecule has 0 aromatic heterocycles. The van der Waals surface area contributed by atoms with Crippen molar-refractivity contribution in [3.8, 4) is 0 Å². The molecule has 0 aliphatic carbocycles. The average molecular weight is 252 g/mol. The third-order valence-electron chi connectivity index (χ3n) is 2.95. The van der Waals surface area contributed by atoms with Crippen molar-refractivity contribution >= 4 is 11.6 Å². The summed E-state index contributed by atoms with van der Waals surface area (Å²) < 4.78 is 13.4. The van der Waals surface area contributed by atoms with Crippen LogP contribution in [0, 0.1) is 12.7 Å². The Morgan fingerprint density at radius 2 is 2.06 bits per heavy atom. The summed E-state index contributed by atoms with van der Waals surface area (Å²) in [6.07, 6.45) is 0.887. The number of halogens is 1. The molecule has 0 heterocycles. The predicted octanol–water partition coefficient (Wildman–Crippen LogP) is 2.85. The third kappa shape index (κ3) is 4.02. The van der Waals surface area contributed by atoms with E-state index >= 15 is 0 Å². The lowest BCUT2D eigenvalue weighted by Crippen LogP contribution is -2.41. The number of aryl methyl sites for hydroxylation is 1. The summed E-state index contributed by atoms with van der Waals surface area (Å²) in [4.78, 5) is 11.8. The number of amides is 1. The van der Waals surface area contributed by atoms with Crippen LogP contribution in [0.4, 0.5) is 10.1 Å². The molecule has 0 saturated carbocycles. The van der Waals surface area contributed by atoms with Crippen molar-refractivity contribution in [1.82, 2.24) is 5.32 Å². The molecule has 1 amide bonds. The number of hydrogen-bond acceptors (Lipinski definition) is 2. The van der Waals surface area contributed by atoms with Gasteiger partial charge < -0.3 is 10.6 Å². The summed E-state index contributed by atoms with van der Waals surface area (Å²) in [5.41, 5.74) is 1.21. The maximum atomic E-state index is 13.4. The Bertz CT molecular complexity index is 420. The van der Waals surface area contributed by atoms with Crippen LogP contribution >= 0.6 is 0 Å². The van der Waals surface area contributed by atoms with Crippen LogP contribution in [0.5, 0.6) is 0 Å².